The number of nitrogens with two attached hydrogens (primary N) is 1. The first-order valence-electron chi connectivity index (χ1n) is 4.98. The predicted molar refractivity (Wildman–Crippen MR) is 61.4 cm³/mol. The minimum Gasteiger partial charge on any atom is -0.350 e. The summed E-state index contributed by atoms with van der Waals surface area (Å²) < 4.78 is 0. The number of aromatic nitrogens is 1. The molecule has 5 heteroatoms. The van der Waals surface area contributed by atoms with E-state index in [4.69, 9.17) is 5.73 Å². The Morgan fingerprint density at radius 3 is 2.93 bits per heavy atom. The summed E-state index contributed by atoms with van der Waals surface area (Å²) in [6.45, 7) is 4.70. The van der Waals surface area contributed by atoms with E-state index in [0.29, 0.717) is 13.1 Å². The van der Waals surface area contributed by atoms with Crippen molar-refractivity contribution in [3.8, 4) is 0 Å². The minimum absolute atomic E-state index is 0.000463. The number of nitrogens with one attached hydrogen (secondary N) is 1. The van der Waals surface area contributed by atoms with Crippen LogP contribution in [-0.4, -0.2) is 17.4 Å². The van der Waals surface area contributed by atoms with Gasteiger partial charge in [0.15, 0.2) is 0 Å². The fourth-order valence-electron chi connectivity index (χ4n) is 1.11. The van der Waals surface area contributed by atoms with Gasteiger partial charge >= 0.3 is 0 Å². The van der Waals surface area contributed by atoms with Crippen LogP contribution < -0.4 is 11.1 Å². The molecular weight excluding hydrogens is 210 g/mol. The number of rotatable bonds is 5. The Balaban J connectivity index is 2.48. The molecule has 1 amide bonds. The number of hydrogen-bond donors (Lipinski definition) is 2. The van der Waals surface area contributed by atoms with Crippen LogP contribution in [-0.2, 0) is 11.3 Å². The van der Waals surface area contributed by atoms with Crippen molar-refractivity contribution < 1.29 is 4.79 Å². The van der Waals surface area contributed by atoms with Crippen LogP contribution in [0.3, 0.4) is 0 Å². The Kier molecular flexibility index (Phi) is 4.23. The largest absolute Gasteiger partial charge is 0.350 e. The van der Waals surface area contributed by atoms with Gasteiger partial charge in [0.05, 0.1) is 23.2 Å². The lowest BCUT2D eigenvalue weighted by atomic mass is 9.87. The monoisotopic (exact) mass is 227 g/mol. The zero-order valence-electron chi connectivity index (χ0n) is 9.12. The Morgan fingerprint density at radius 2 is 2.47 bits per heavy atom. The van der Waals surface area contributed by atoms with Gasteiger partial charge in [0.25, 0.3) is 0 Å². The summed E-state index contributed by atoms with van der Waals surface area (Å²) in [5.74, 6) is 0.000463. The Hall–Kier alpha value is -0.940. The fraction of sp³-hybridized carbons (Fsp3) is 0.600. The molecule has 15 heavy (non-hydrogen) atoms. The van der Waals surface area contributed by atoms with Gasteiger partial charge in [0.1, 0.15) is 0 Å². The summed E-state index contributed by atoms with van der Waals surface area (Å²) >= 11 is 1.52. The summed E-state index contributed by atoms with van der Waals surface area (Å²) in [5.41, 5.74) is 7.78. The van der Waals surface area contributed by atoms with Crippen LogP contribution in [0.5, 0.6) is 0 Å². The molecule has 4 nitrogen and oxygen atoms in total. The molecule has 3 N–H and O–H groups in total. The van der Waals surface area contributed by atoms with Crippen LogP contribution >= 0.6 is 11.3 Å². The molecule has 1 unspecified atom stereocenters. The summed E-state index contributed by atoms with van der Waals surface area (Å²) in [7, 11) is 0. The van der Waals surface area contributed by atoms with E-state index in [0.717, 1.165) is 12.1 Å². The lowest BCUT2D eigenvalue weighted by Crippen LogP contribution is -2.43. The third-order valence-electron chi connectivity index (χ3n) is 2.69. The highest BCUT2D eigenvalue weighted by molar-refractivity contribution is 7.07. The van der Waals surface area contributed by atoms with Crippen LogP contribution in [0, 0.1) is 5.41 Å². The van der Waals surface area contributed by atoms with E-state index < -0.39 is 5.41 Å². The maximum absolute atomic E-state index is 11.8. The van der Waals surface area contributed by atoms with Gasteiger partial charge in [-0.1, -0.05) is 6.92 Å². The highest BCUT2D eigenvalue weighted by Gasteiger charge is 2.29. The van der Waals surface area contributed by atoms with Gasteiger partial charge in [-0.05, 0) is 13.3 Å². The number of carbonyl (C=O) groups excluding carboxylic acids is 1. The molecule has 0 aliphatic rings. The van der Waals surface area contributed by atoms with Crippen molar-refractivity contribution in [1.29, 1.82) is 0 Å². The molecule has 1 aromatic heterocycles. The number of amides is 1. The van der Waals surface area contributed by atoms with Gasteiger partial charge in [-0.15, -0.1) is 11.3 Å². The Bertz CT molecular complexity index is 306. The van der Waals surface area contributed by atoms with Crippen molar-refractivity contribution >= 4 is 17.2 Å². The first kappa shape index (κ1) is 12.1. The zero-order valence-corrected chi connectivity index (χ0v) is 9.93. The van der Waals surface area contributed by atoms with Crippen molar-refractivity contribution in [1.82, 2.24) is 10.3 Å². The predicted octanol–water partition coefficient (Wildman–Crippen LogP) is 1.13. The van der Waals surface area contributed by atoms with Crippen LogP contribution in [0.1, 0.15) is 26.0 Å². The van der Waals surface area contributed by atoms with Crippen LogP contribution in [0.15, 0.2) is 10.9 Å². The van der Waals surface area contributed by atoms with E-state index in [-0.39, 0.29) is 5.91 Å². The van der Waals surface area contributed by atoms with E-state index >= 15 is 0 Å². The highest BCUT2D eigenvalue weighted by atomic mass is 32.1. The molecule has 0 fully saturated rings. The lowest BCUT2D eigenvalue weighted by molar-refractivity contribution is -0.130. The van der Waals surface area contributed by atoms with Crippen LogP contribution in [0.25, 0.3) is 0 Å². The van der Waals surface area contributed by atoms with Crippen molar-refractivity contribution in [2.45, 2.75) is 26.8 Å². The summed E-state index contributed by atoms with van der Waals surface area (Å²) in [6.07, 6.45) is 0.742. The number of carbonyl (C=O) groups is 1. The standard InChI is InChI=1S/C10H17N3OS/c1-3-10(2,6-11)9(14)12-4-8-5-15-7-13-8/h5,7H,3-4,6,11H2,1-2H3,(H,12,14). The normalized spacial score (nSPS) is 14.6. The topological polar surface area (TPSA) is 68.0 Å². The molecule has 0 aliphatic carbocycles. The van der Waals surface area contributed by atoms with Crippen LogP contribution in [0.4, 0.5) is 0 Å². The van der Waals surface area contributed by atoms with Gasteiger partial charge in [0.2, 0.25) is 5.91 Å². The molecule has 1 aromatic rings. The molecule has 0 aromatic carbocycles. The second kappa shape index (κ2) is 5.23. The Labute approximate surface area is 93.9 Å². The smallest absolute Gasteiger partial charge is 0.227 e. The molecule has 1 heterocycles. The lowest BCUT2D eigenvalue weighted by Gasteiger charge is -2.24. The zero-order chi connectivity index (χ0) is 11.3. The molecule has 0 aliphatic heterocycles. The average Bonchev–Trinajstić information content (AvgIpc) is 2.77. The average molecular weight is 227 g/mol. The molecule has 0 saturated heterocycles. The van der Waals surface area contributed by atoms with Gasteiger partial charge in [-0.3, -0.25) is 4.79 Å². The molecule has 1 atom stereocenters. The van der Waals surface area contributed by atoms with Crippen molar-refractivity contribution in [2.24, 2.45) is 11.1 Å². The quantitative estimate of drug-likeness (QED) is 0.792. The van der Waals surface area contributed by atoms with E-state index in [1.165, 1.54) is 11.3 Å². The van der Waals surface area contributed by atoms with Crippen LogP contribution in [0.2, 0.25) is 0 Å². The molecular formula is C10H17N3OS. The number of thiazole rings is 1. The molecule has 0 spiro atoms. The van der Waals surface area contributed by atoms with E-state index in [2.05, 4.69) is 10.3 Å². The van der Waals surface area contributed by atoms with Gasteiger partial charge < -0.3 is 11.1 Å². The van der Waals surface area contributed by atoms with Crippen molar-refractivity contribution in [3.05, 3.63) is 16.6 Å². The highest BCUT2D eigenvalue weighted by Crippen LogP contribution is 2.19. The summed E-state index contributed by atoms with van der Waals surface area (Å²) in [6, 6.07) is 0. The maximum Gasteiger partial charge on any atom is 0.227 e. The summed E-state index contributed by atoms with van der Waals surface area (Å²) in [4.78, 5) is 15.9. The van der Waals surface area contributed by atoms with Crippen molar-refractivity contribution in [3.63, 3.8) is 0 Å². The SMILES string of the molecule is CCC(C)(CN)C(=O)NCc1cscn1. The van der Waals surface area contributed by atoms with Gasteiger partial charge in [-0.2, -0.15) is 0 Å². The van der Waals surface area contributed by atoms with Gasteiger partial charge in [0, 0.05) is 11.9 Å². The van der Waals surface area contributed by atoms with E-state index in [9.17, 15) is 4.79 Å². The molecule has 1 rings (SSSR count). The maximum atomic E-state index is 11.8. The van der Waals surface area contributed by atoms with Gasteiger partial charge in [-0.25, -0.2) is 4.98 Å². The number of nitrogens with zero attached hydrogens (tertiary/aromatic N) is 1. The minimum atomic E-state index is -0.462. The number of hydrogen-bond acceptors (Lipinski definition) is 4. The third-order valence-corrected chi connectivity index (χ3v) is 3.33. The van der Waals surface area contributed by atoms with E-state index in [1.54, 1.807) is 5.51 Å². The van der Waals surface area contributed by atoms with Crippen molar-refractivity contribution in [2.75, 3.05) is 6.54 Å². The Morgan fingerprint density at radius 1 is 1.73 bits per heavy atom. The second-order valence-corrected chi connectivity index (χ2v) is 4.50. The fourth-order valence-corrected chi connectivity index (χ4v) is 1.67. The molecule has 0 bridgehead atoms. The molecule has 0 radical (unpaired) electrons. The third kappa shape index (κ3) is 3.00. The molecule has 84 valence electrons. The summed E-state index contributed by atoms with van der Waals surface area (Å²) in [5, 5.41) is 4.78. The first-order chi connectivity index (χ1) is 7.12. The van der Waals surface area contributed by atoms with E-state index in [1.807, 2.05) is 19.2 Å². The molecule has 0 saturated carbocycles. The second-order valence-electron chi connectivity index (χ2n) is 3.78. The first-order valence-corrected chi connectivity index (χ1v) is 5.92.